The van der Waals surface area contributed by atoms with Crippen molar-refractivity contribution in [3.05, 3.63) is 39.9 Å². The van der Waals surface area contributed by atoms with Crippen molar-refractivity contribution < 1.29 is 18.9 Å². The molecule has 34 heavy (non-hydrogen) atoms. The lowest BCUT2D eigenvalue weighted by atomic mass is 10.2. The quantitative estimate of drug-likeness (QED) is 0.225. The molecule has 2 aromatic rings. The van der Waals surface area contributed by atoms with Gasteiger partial charge in [0.1, 0.15) is 6.61 Å². The standard InChI is InChI=1S/C21H32N6O5SSi/c1-21(2,3)34(5,6)32-18-11-17(14-33-19-22-23-24-25(19)4)26(12-18)20(28)31-13-15-7-9-16(10-8-15)27(29)30/h7-10,17-18H,11-14H2,1-6H3/t17-,18+/m0/s1. The number of hydrogen-bond acceptors (Lipinski definition) is 9. The molecule has 0 saturated carbocycles. The van der Waals surface area contributed by atoms with E-state index in [0.717, 1.165) is 0 Å². The molecule has 1 aliphatic rings. The van der Waals surface area contributed by atoms with Gasteiger partial charge in [0.15, 0.2) is 8.32 Å². The van der Waals surface area contributed by atoms with E-state index in [0.29, 0.717) is 29.4 Å². The SMILES string of the molecule is Cn1nnnc1SC[C@@H]1C[C@@H](O[Si](C)(C)C(C)(C)C)CN1C(=O)OCc1ccc([N+](=O)[O-])cc1. The van der Waals surface area contributed by atoms with Crippen LogP contribution in [-0.2, 0) is 22.8 Å². The molecule has 0 bridgehead atoms. The Bertz CT molecular complexity index is 1010. The minimum Gasteiger partial charge on any atom is -0.445 e. The number of carbonyl (C=O) groups excluding carboxylic acids is 1. The molecule has 11 nitrogen and oxygen atoms in total. The van der Waals surface area contributed by atoms with Crippen molar-refractivity contribution in [2.75, 3.05) is 12.3 Å². The number of nitro benzene ring substituents is 1. The number of ether oxygens (including phenoxy) is 1. The first-order chi connectivity index (χ1) is 15.9. The lowest BCUT2D eigenvalue weighted by molar-refractivity contribution is -0.384. The molecule has 186 valence electrons. The average molecular weight is 509 g/mol. The van der Waals surface area contributed by atoms with Gasteiger partial charge in [0.05, 0.1) is 11.0 Å². The van der Waals surface area contributed by atoms with Crippen molar-refractivity contribution in [2.24, 2.45) is 7.05 Å². The van der Waals surface area contributed by atoms with E-state index in [1.165, 1.54) is 23.9 Å². The van der Waals surface area contributed by atoms with E-state index in [1.807, 2.05) is 0 Å². The lowest BCUT2D eigenvalue weighted by Crippen LogP contribution is -2.44. The van der Waals surface area contributed by atoms with Gasteiger partial charge in [-0.2, -0.15) is 0 Å². The summed E-state index contributed by atoms with van der Waals surface area (Å²) in [5.74, 6) is 0.609. The number of benzene rings is 1. The molecule has 0 unspecified atom stereocenters. The Morgan fingerprint density at radius 3 is 2.53 bits per heavy atom. The summed E-state index contributed by atoms with van der Waals surface area (Å²) in [6, 6.07) is 5.88. The topological polar surface area (TPSA) is 126 Å². The van der Waals surface area contributed by atoms with Gasteiger partial charge in [-0.05, 0) is 52.7 Å². The summed E-state index contributed by atoms with van der Waals surface area (Å²) < 4.78 is 13.8. The van der Waals surface area contributed by atoms with E-state index >= 15 is 0 Å². The molecule has 1 amide bonds. The van der Waals surface area contributed by atoms with E-state index in [4.69, 9.17) is 9.16 Å². The van der Waals surface area contributed by atoms with Gasteiger partial charge in [-0.15, -0.1) is 5.10 Å². The van der Waals surface area contributed by atoms with E-state index < -0.39 is 19.3 Å². The summed E-state index contributed by atoms with van der Waals surface area (Å²) in [4.78, 5) is 25.1. The molecule has 1 saturated heterocycles. The van der Waals surface area contributed by atoms with Gasteiger partial charge >= 0.3 is 6.09 Å². The number of thioether (sulfide) groups is 1. The van der Waals surface area contributed by atoms with Crippen LogP contribution < -0.4 is 0 Å². The Labute approximate surface area is 204 Å². The number of amides is 1. The van der Waals surface area contributed by atoms with Gasteiger partial charge in [-0.25, -0.2) is 9.48 Å². The second-order valence-corrected chi connectivity index (χ2v) is 15.7. The maximum absolute atomic E-state index is 13.0. The van der Waals surface area contributed by atoms with Gasteiger partial charge < -0.3 is 14.1 Å². The van der Waals surface area contributed by atoms with Crippen LogP contribution in [0.15, 0.2) is 29.4 Å². The van der Waals surface area contributed by atoms with Crippen LogP contribution in [0.1, 0.15) is 32.8 Å². The van der Waals surface area contributed by atoms with Gasteiger partial charge in [0.25, 0.3) is 5.69 Å². The number of nitro groups is 1. The summed E-state index contributed by atoms with van der Waals surface area (Å²) in [7, 11) is -0.237. The molecule has 1 aromatic carbocycles. The van der Waals surface area contributed by atoms with Crippen molar-refractivity contribution in [1.29, 1.82) is 0 Å². The minimum atomic E-state index is -2.01. The van der Waals surface area contributed by atoms with Crippen LogP contribution in [0.2, 0.25) is 18.1 Å². The first-order valence-corrected chi connectivity index (χ1v) is 15.0. The zero-order chi connectivity index (χ0) is 25.1. The van der Waals surface area contributed by atoms with E-state index in [-0.39, 0.29) is 29.5 Å². The second-order valence-electron chi connectivity index (χ2n) is 9.92. The molecule has 1 aromatic heterocycles. The maximum atomic E-state index is 13.0. The van der Waals surface area contributed by atoms with E-state index in [2.05, 4.69) is 49.4 Å². The number of aryl methyl sites for hydroxylation is 1. The van der Waals surface area contributed by atoms with Gasteiger partial charge in [0.2, 0.25) is 5.16 Å². The fourth-order valence-corrected chi connectivity index (χ4v) is 5.72. The largest absolute Gasteiger partial charge is 0.445 e. The first-order valence-electron chi connectivity index (χ1n) is 11.1. The zero-order valence-corrected chi connectivity index (χ0v) is 22.2. The molecule has 0 N–H and O–H groups in total. The van der Waals surface area contributed by atoms with E-state index in [1.54, 1.807) is 28.8 Å². The monoisotopic (exact) mass is 508 g/mol. The molecule has 0 spiro atoms. The first kappa shape index (κ1) is 26.1. The van der Waals surface area contributed by atoms with Crippen molar-refractivity contribution in [2.45, 2.75) is 69.2 Å². The molecule has 0 radical (unpaired) electrons. The molecule has 13 heteroatoms. The third-order valence-corrected chi connectivity index (χ3v) is 12.1. The summed E-state index contributed by atoms with van der Waals surface area (Å²) >= 11 is 1.49. The summed E-state index contributed by atoms with van der Waals surface area (Å²) in [6.45, 7) is 11.5. The highest BCUT2D eigenvalue weighted by molar-refractivity contribution is 7.99. The Morgan fingerprint density at radius 1 is 1.29 bits per heavy atom. The van der Waals surface area contributed by atoms with Crippen LogP contribution in [0.5, 0.6) is 0 Å². The van der Waals surface area contributed by atoms with Crippen LogP contribution in [-0.4, -0.2) is 68.9 Å². The van der Waals surface area contributed by atoms with Crippen LogP contribution >= 0.6 is 11.8 Å². The third-order valence-electron chi connectivity index (χ3n) is 6.37. The molecule has 2 atom stereocenters. The number of likely N-dealkylation sites (tertiary alicyclic amines) is 1. The summed E-state index contributed by atoms with van der Waals surface area (Å²) in [5.41, 5.74) is 0.680. The highest BCUT2D eigenvalue weighted by Gasteiger charge is 2.44. The molecular weight excluding hydrogens is 476 g/mol. The Kier molecular flexibility index (Phi) is 7.98. The molecule has 1 fully saturated rings. The van der Waals surface area contributed by atoms with Crippen LogP contribution in [0.25, 0.3) is 0 Å². The number of nitrogens with zero attached hydrogens (tertiary/aromatic N) is 6. The predicted octanol–water partition coefficient (Wildman–Crippen LogP) is 4.01. The number of aromatic nitrogens is 4. The number of carbonyl (C=O) groups is 1. The van der Waals surface area contributed by atoms with Crippen LogP contribution in [0.4, 0.5) is 10.5 Å². The third kappa shape index (κ3) is 6.33. The molecular formula is C21H32N6O5SSi. The molecule has 2 heterocycles. The zero-order valence-electron chi connectivity index (χ0n) is 20.4. The lowest BCUT2D eigenvalue weighted by Gasteiger charge is -2.38. The number of rotatable bonds is 8. The summed E-state index contributed by atoms with van der Waals surface area (Å²) in [5, 5.41) is 23.1. The fourth-order valence-electron chi connectivity index (χ4n) is 3.39. The maximum Gasteiger partial charge on any atom is 0.410 e. The van der Waals surface area contributed by atoms with Gasteiger partial charge in [0, 0.05) is 37.5 Å². The molecule has 1 aliphatic heterocycles. The Morgan fingerprint density at radius 2 is 1.97 bits per heavy atom. The second kappa shape index (κ2) is 10.4. The van der Waals surface area contributed by atoms with Crippen molar-refractivity contribution in [1.82, 2.24) is 25.1 Å². The van der Waals surface area contributed by atoms with Crippen LogP contribution in [0.3, 0.4) is 0 Å². The highest BCUT2D eigenvalue weighted by atomic mass is 32.2. The molecule has 0 aliphatic carbocycles. The fraction of sp³-hybridized carbons (Fsp3) is 0.619. The van der Waals surface area contributed by atoms with Crippen LogP contribution in [0, 0.1) is 10.1 Å². The number of tetrazole rings is 1. The molecule has 3 rings (SSSR count). The smallest absolute Gasteiger partial charge is 0.410 e. The normalized spacial score (nSPS) is 18.8. The number of non-ortho nitro benzene ring substituents is 1. The average Bonchev–Trinajstić information content (AvgIpc) is 3.35. The van der Waals surface area contributed by atoms with Crippen molar-refractivity contribution >= 4 is 31.9 Å². The van der Waals surface area contributed by atoms with Crippen molar-refractivity contribution in [3.8, 4) is 0 Å². The Balaban J connectivity index is 1.67. The highest BCUT2D eigenvalue weighted by Crippen LogP contribution is 2.39. The minimum absolute atomic E-state index is 0.00408. The predicted molar refractivity (Wildman–Crippen MR) is 130 cm³/mol. The van der Waals surface area contributed by atoms with Gasteiger partial charge in [-0.3, -0.25) is 10.1 Å². The van der Waals surface area contributed by atoms with E-state index in [9.17, 15) is 14.9 Å². The summed E-state index contributed by atoms with van der Waals surface area (Å²) in [6.07, 6.45) is 0.203. The number of hydrogen-bond donors (Lipinski definition) is 0. The van der Waals surface area contributed by atoms with Gasteiger partial charge in [-0.1, -0.05) is 32.5 Å². The van der Waals surface area contributed by atoms with Crippen molar-refractivity contribution in [3.63, 3.8) is 0 Å². The Hall–Kier alpha value is -2.51.